The number of alkyl halides is 6. The first kappa shape index (κ1) is 37.7. The summed E-state index contributed by atoms with van der Waals surface area (Å²) in [6.45, 7) is 0.214. The quantitative estimate of drug-likeness (QED) is 0.249. The number of carboxylic acid groups (broad SMARTS) is 1. The van der Waals surface area contributed by atoms with E-state index in [1.807, 2.05) is 6.07 Å². The third-order valence-corrected chi connectivity index (χ3v) is 12.2. The van der Waals surface area contributed by atoms with Gasteiger partial charge in [-0.25, -0.2) is 9.97 Å². The molecule has 2 atom stereocenters. The molecule has 53 heavy (non-hydrogen) atoms. The number of carbonyl (C=O) groups is 2. The van der Waals surface area contributed by atoms with E-state index in [2.05, 4.69) is 15.3 Å². The normalized spacial score (nSPS) is 26.3. The van der Waals surface area contributed by atoms with E-state index in [9.17, 15) is 41.0 Å². The van der Waals surface area contributed by atoms with Gasteiger partial charge in [0.05, 0.1) is 12.1 Å². The summed E-state index contributed by atoms with van der Waals surface area (Å²) in [5.74, 6) is -0.277. The number of fused-ring (bicyclic) bond motifs is 4. The minimum atomic E-state index is -4.91. The Hall–Kier alpha value is -3.62. The fraction of sp³-hybridized carbons (Fsp3) is 0.684. The lowest BCUT2D eigenvalue weighted by atomic mass is 9.64. The summed E-state index contributed by atoms with van der Waals surface area (Å²) in [6.07, 6.45) is 1.51. The van der Waals surface area contributed by atoms with Crippen molar-refractivity contribution in [2.75, 3.05) is 37.6 Å². The summed E-state index contributed by atoms with van der Waals surface area (Å²) < 4.78 is 88.6. The molecule has 1 amide bonds. The molecule has 9 nitrogen and oxygen atoms in total. The van der Waals surface area contributed by atoms with Gasteiger partial charge in [-0.3, -0.25) is 14.5 Å². The van der Waals surface area contributed by atoms with Crippen LogP contribution in [-0.2, 0) is 16.4 Å². The van der Waals surface area contributed by atoms with E-state index in [0.29, 0.717) is 42.7 Å². The van der Waals surface area contributed by atoms with Crippen molar-refractivity contribution in [2.24, 2.45) is 23.7 Å². The standard InChI is InChI=1S/C38H47F6N5O4/c39-37(40,41)22-48-10-6-27(7-11-48)53-28-4-5-31-30(18-28)36(8-2-1-3-9-36)21-49(31)35-46-20-29(33(47-35)38(42,43)44)34(52)45-19-26-15-23-12-24(16-26)14-25(13-23)17-32(50)51/h4-5,18,20,23-27H,1-3,6-17,19,21-22H2,(H,45,52)(H,50,51). The maximum atomic E-state index is 14.6. The number of aliphatic carboxylic acids is 1. The predicted molar refractivity (Wildman–Crippen MR) is 183 cm³/mol. The monoisotopic (exact) mass is 751 g/mol. The minimum absolute atomic E-state index is 0.104. The molecule has 3 heterocycles. The van der Waals surface area contributed by atoms with Gasteiger partial charge in [0.15, 0.2) is 5.69 Å². The molecule has 15 heteroatoms. The molecule has 2 unspecified atom stereocenters. The number of carbonyl (C=O) groups excluding carboxylic acids is 1. The first-order valence-electron chi connectivity index (χ1n) is 19.0. The van der Waals surface area contributed by atoms with Gasteiger partial charge in [-0.05, 0) is 105 Å². The Morgan fingerprint density at radius 2 is 1.62 bits per heavy atom. The highest BCUT2D eigenvalue weighted by Crippen LogP contribution is 2.52. The van der Waals surface area contributed by atoms with Crippen molar-refractivity contribution in [3.63, 3.8) is 0 Å². The molecule has 290 valence electrons. The van der Waals surface area contributed by atoms with Gasteiger partial charge in [0.1, 0.15) is 11.9 Å². The van der Waals surface area contributed by atoms with Gasteiger partial charge in [-0.2, -0.15) is 26.3 Å². The Labute approximate surface area is 304 Å². The van der Waals surface area contributed by atoms with Gasteiger partial charge in [-0.1, -0.05) is 19.3 Å². The number of benzene rings is 1. The Bertz CT molecular complexity index is 1640. The number of nitrogens with one attached hydrogen (secondary N) is 1. The third kappa shape index (κ3) is 8.70. The summed E-state index contributed by atoms with van der Waals surface area (Å²) in [6, 6.07) is 5.47. The number of hydrogen-bond donors (Lipinski definition) is 2. The van der Waals surface area contributed by atoms with E-state index in [1.54, 1.807) is 17.0 Å². The van der Waals surface area contributed by atoms with Crippen LogP contribution in [-0.4, -0.2) is 76.9 Å². The van der Waals surface area contributed by atoms with E-state index >= 15 is 0 Å². The van der Waals surface area contributed by atoms with Crippen molar-refractivity contribution in [2.45, 2.75) is 107 Å². The van der Waals surface area contributed by atoms with Crippen LogP contribution in [0.2, 0.25) is 0 Å². The molecule has 2 aliphatic heterocycles. The second-order valence-electron chi connectivity index (χ2n) is 16.2. The SMILES string of the molecule is O=C(O)CC1CC2CC(CNC(=O)c3cnc(N4CC5(CCCCC5)c5cc(OC6CCN(CC(F)(F)F)CC6)ccc54)nc3C(F)(F)F)CC(C1)C2. The van der Waals surface area contributed by atoms with E-state index < -0.39 is 42.0 Å². The van der Waals surface area contributed by atoms with Crippen LogP contribution in [0.1, 0.15) is 105 Å². The smallest absolute Gasteiger partial charge is 0.434 e. The lowest BCUT2D eigenvalue weighted by Crippen LogP contribution is -2.42. The lowest BCUT2D eigenvalue weighted by Gasteiger charge is -2.42. The summed E-state index contributed by atoms with van der Waals surface area (Å²) in [7, 11) is 0. The first-order valence-corrected chi connectivity index (χ1v) is 19.0. The highest BCUT2D eigenvalue weighted by Gasteiger charge is 2.46. The van der Waals surface area contributed by atoms with Gasteiger partial charge in [0.2, 0.25) is 5.95 Å². The highest BCUT2D eigenvalue weighted by atomic mass is 19.4. The average molecular weight is 752 g/mol. The largest absolute Gasteiger partial charge is 0.490 e. The van der Waals surface area contributed by atoms with Crippen molar-refractivity contribution < 1.29 is 45.8 Å². The molecule has 1 saturated heterocycles. The lowest BCUT2D eigenvalue weighted by molar-refractivity contribution is -0.149. The second kappa shape index (κ2) is 14.9. The Morgan fingerprint density at radius 3 is 2.26 bits per heavy atom. The summed E-state index contributed by atoms with van der Waals surface area (Å²) in [4.78, 5) is 36.0. The van der Waals surface area contributed by atoms with Crippen LogP contribution in [0.3, 0.4) is 0 Å². The molecule has 2 aromatic rings. The molecular weight excluding hydrogens is 704 g/mol. The number of likely N-dealkylation sites (tertiary alicyclic amines) is 1. The van der Waals surface area contributed by atoms with Crippen molar-refractivity contribution in [1.82, 2.24) is 20.2 Å². The molecule has 1 spiro atoms. The molecule has 3 saturated carbocycles. The molecule has 2 N–H and O–H groups in total. The van der Waals surface area contributed by atoms with Crippen molar-refractivity contribution in [3.05, 3.63) is 41.2 Å². The van der Waals surface area contributed by atoms with Crippen LogP contribution >= 0.6 is 0 Å². The molecule has 1 aromatic heterocycles. The number of ether oxygens (including phenoxy) is 1. The van der Waals surface area contributed by atoms with E-state index in [1.165, 1.54) is 4.90 Å². The fourth-order valence-electron chi connectivity index (χ4n) is 10.1. The van der Waals surface area contributed by atoms with Gasteiger partial charge < -0.3 is 20.1 Å². The second-order valence-corrected chi connectivity index (χ2v) is 16.2. The van der Waals surface area contributed by atoms with Crippen molar-refractivity contribution >= 4 is 23.5 Å². The van der Waals surface area contributed by atoms with Crippen LogP contribution in [0.25, 0.3) is 0 Å². The minimum Gasteiger partial charge on any atom is -0.490 e. The van der Waals surface area contributed by atoms with E-state index in [0.717, 1.165) is 76.0 Å². The predicted octanol–water partition coefficient (Wildman–Crippen LogP) is 7.90. The number of amides is 1. The summed E-state index contributed by atoms with van der Waals surface area (Å²) in [5, 5.41) is 11.9. The van der Waals surface area contributed by atoms with Crippen LogP contribution in [0.5, 0.6) is 5.75 Å². The summed E-state index contributed by atoms with van der Waals surface area (Å²) in [5.41, 5.74) is -0.657. The molecule has 5 aliphatic rings. The number of hydrogen-bond acceptors (Lipinski definition) is 7. The molecule has 0 radical (unpaired) electrons. The fourth-order valence-corrected chi connectivity index (χ4v) is 10.1. The number of carboxylic acids is 1. The van der Waals surface area contributed by atoms with Crippen LogP contribution in [0, 0.1) is 23.7 Å². The Balaban J connectivity index is 1.06. The summed E-state index contributed by atoms with van der Waals surface area (Å²) >= 11 is 0. The zero-order valence-corrected chi connectivity index (χ0v) is 29.7. The van der Waals surface area contributed by atoms with Gasteiger partial charge >= 0.3 is 18.3 Å². The zero-order valence-electron chi connectivity index (χ0n) is 29.7. The van der Waals surface area contributed by atoms with Crippen LogP contribution in [0.15, 0.2) is 24.4 Å². The topological polar surface area (TPSA) is 108 Å². The number of halogens is 6. The first-order chi connectivity index (χ1) is 25.1. The maximum absolute atomic E-state index is 14.6. The number of aromatic nitrogens is 2. The number of anilines is 2. The molecule has 3 aliphatic carbocycles. The molecule has 7 rings (SSSR count). The molecule has 1 aromatic carbocycles. The Kier molecular flexibility index (Phi) is 10.6. The van der Waals surface area contributed by atoms with E-state index in [4.69, 9.17) is 4.74 Å². The van der Waals surface area contributed by atoms with Gasteiger partial charge in [0, 0.05) is 49.9 Å². The zero-order chi connectivity index (χ0) is 37.5. The molecular formula is C38H47F6N5O4. The molecule has 2 bridgehead atoms. The van der Waals surface area contributed by atoms with Crippen molar-refractivity contribution in [1.29, 1.82) is 0 Å². The number of nitrogens with zero attached hydrogens (tertiary/aromatic N) is 4. The maximum Gasteiger partial charge on any atom is 0.434 e. The van der Waals surface area contributed by atoms with Gasteiger partial charge in [0.25, 0.3) is 5.91 Å². The van der Waals surface area contributed by atoms with Crippen molar-refractivity contribution in [3.8, 4) is 5.75 Å². The van der Waals surface area contributed by atoms with Crippen LogP contribution < -0.4 is 15.0 Å². The number of piperidine rings is 1. The highest BCUT2D eigenvalue weighted by molar-refractivity contribution is 5.95. The Morgan fingerprint density at radius 1 is 0.943 bits per heavy atom. The third-order valence-electron chi connectivity index (χ3n) is 12.2. The van der Waals surface area contributed by atoms with Crippen LogP contribution in [0.4, 0.5) is 38.0 Å². The van der Waals surface area contributed by atoms with Gasteiger partial charge in [-0.15, -0.1) is 0 Å². The van der Waals surface area contributed by atoms with E-state index in [-0.39, 0.29) is 55.4 Å². The number of rotatable bonds is 9. The molecule has 4 fully saturated rings. The average Bonchev–Trinajstić information content (AvgIpc) is 3.39.